The van der Waals surface area contributed by atoms with Crippen molar-refractivity contribution in [3.63, 3.8) is 0 Å². The fourth-order valence-electron chi connectivity index (χ4n) is 4.17. The van der Waals surface area contributed by atoms with Crippen LogP contribution in [0, 0.1) is 18.6 Å². The number of hydrogen-bond acceptors (Lipinski definition) is 9. The zero-order chi connectivity index (χ0) is 26.0. The van der Waals surface area contributed by atoms with Gasteiger partial charge in [0.15, 0.2) is 22.5 Å². The highest BCUT2D eigenvalue weighted by molar-refractivity contribution is 7.11. The van der Waals surface area contributed by atoms with E-state index in [-0.39, 0.29) is 22.7 Å². The number of aromatic nitrogens is 1. The second kappa shape index (κ2) is 10.4. The number of thiazole rings is 1. The topological polar surface area (TPSA) is 93.1 Å². The number of benzene rings is 1. The first kappa shape index (κ1) is 25.9. The summed E-state index contributed by atoms with van der Waals surface area (Å²) in [7, 11) is 0. The molecule has 2 aliphatic rings. The largest absolute Gasteiger partial charge is 0.516 e. The van der Waals surface area contributed by atoms with Crippen LogP contribution in [0.15, 0.2) is 40.5 Å². The third kappa shape index (κ3) is 5.62. The van der Waals surface area contributed by atoms with E-state index in [4.69, 9.17) is 14.5 Å². The zero-order valence-electron chi connectivity index (χ0n) is 20.5. The molecule has 8 nitrogen and oxygen atoms in total. The Kier molecular flexibility index (Phi) is 7.51. The van der Waals surface area contributed by atoms with E-state index in [9.17, 15) is 18.4 Å². The monoisotopic (exact) mass is 518 g/mol. The number of rotatable bonds is 4. The van der Waals surface area contributed by atoms with Crippen molar-refractivity contribution >= 4 is 29.3 Å². The van der Waals surface area contributed by atoms with E-state index in [1.54, 1.807) is 33.2 Å². The molecule has 1 unspecified atom stereocenters. The molecule has 1 atom stereocenters. The molecule has 4 rings (SSSR count). The van der Waals surface area contributed by atoms with Gasteiger partial charge in [0.1, 0.15) is 11.6 Å². The Hall–Kier alpha value is -3.18. The average molecular weight is 519 g/mol. The lowest BCUT2D eigenvalue weighted by Crippen LogP contribution is -2.46. The van der Waals surface area contributed by atoms with Gasteiger partial charge in [-0.15, -0.1) is 11.3 Å². The molecule has 2 aromatic rings. The van der Waals surface area contributed by atoms with Gasteiger partial charge in [-0.2, -0.15) is 0 Å². The van der Waals surface area contributed by atoms with Crippen molar-refractivity contribution < 1.29 is 27.8 Å². The number of esters is 1. The fraction of sp³-hybridized carbons (Fsp3) is 0.440. The highest BCUT2D eigenvalue weighted by Crippen LogP contribution is 2.37. The van der Waals surface area contributed by atoms with Gasteiger partial charge in [-0.1, -0.05) is 6.07 Å². The maximum atomic E-state index is 14.5. The number of carbonyl (C=O) groups is 2. The third-order valence-electron chi connectivity index (χ3n) is 5.87. The van der Waals surface area contributed by atoms with Crippen molar-refractivity contribution in [2.75, 3.05) is 13.1 Å². The quantitative estimate of drug-likeness (QED) is 0.465. The van der Waals surface area contributed by atoms with Crippen LogP contribution < -0.4 is 5.32 Å². The minimum atomic E-state index is -1.16. The van der Waals surface area contributed by atoms with Crippen LogP contribution in [0.1, 0.15) is 55.8 Å². The van der Waals surface area contributed by atoms with E-state index in [0.29, 0.717) is 10.8 Å². The first-order chi connectivity index (χ1) is 17.0. The van der Waals surface area contributed by atoms with Crippen LogP contribution in [-0.4, -0.2) is 52.6 Å². The van der Waals surface area contributed by atoms with E-state index in [2.05, 4.69) is 10.3 Å². The molecule has 0 amide bonds. The smallest absolute Gasteiger partial charge is 0.428 e. The fourth-order valence-corrected chi connectivity index (χ4v) is 4.81. The van der Waals surface area contributed by atoms with E-state index in [1.165, 1.54) is 24.3 Å². The molecule has 1 N–H and O–H groups in total. The molecule has 1 fully saturated rings. The molecule has 11 heteroatoms. The number of hydrogen-bond donors (Lipinski definition) is 1. The van der Waals surface area contributed by atoms with E-state index >= 15 is 0 Å². The molecule has 1 aromatic heterocycles. The summed E-state index contributed by atoms with van der Waals surface area (Å²) in [6.07, 6.45) is 3.65. The van der Waals surface area contributed by atoms with Gasteiger partial charge in [0, 0.05) is 23.8 Å². The van der Waals surface area contributed by atoms with Crippen molar-refractivity contribution in [1.82, 2.24) is 15.2 Å². The molecule has 0 radical (unpaired) electrons. The molecule has 0 aliphatic carbocycles. The summed E-state index contributed by atoms with van der Waals surface area (Å²) >= 11 is 1.38. The number of halogens is 2. The molecule has 0 bridgehead atoms. The molecule has 192 valence electrons. The Labute approximate surface area is 212 Å². The third-order valence-corrected chi connectivity index (χ3v) is 6.64. The van der Waals surface area contributed by atoms with Crippen LogP contribution in [0.4, 0.5) is 13.6 Å². The molecule has 1 aromatic carbocycles. The second-order valence-electron chi connectivity index (χ2n) is 9.59. The summed E-state index contributed by atoms with van der Waals surface area (Å²) in [6.45, 7) is 7.93. The van der Waals surface area contributed by atoms with Crippen molar-refractivity contribution in [2.45, 2.75) is 58.2 Å². The van der Waals surface area contributed by atoms with Crippen molar-refractivity contribution in [3.05, 3.63) is 63.3 Å². The molecule has 0 saturated carbocycles. The van der Waals surface area contributed by atoms with Gasteiger partial charge >= 0.3 is 12.1 Å². The van der Waals surface area contributed by atoms with Crippen molar-refractivity contribution in [1.29, 1.82) is 0 Å². The second-order valence-corrected chi connectivity index (χ2v) is 10.5. The lowest BCUT2D eigenvalue weighted by atomic mass is 9.93. The summed E-state index contributed by atoms with van der Waals surface area (Å²) in [5.41, 5.74) is -0.575. The van der Waals surface area contributed by atoms with Gasteiger partial charge in [-0.05, 0) is 70.8 Å². The first-order valence-corrected chi connectivity index (χ1v) is 12.5. The average Bonchev–Trinajstić information content (AvgIpc) is 3.36. The van der Waals surface area contributed by atoms with Crippen LogP contribution in [0.5, 0.6) is 0 Å². The number of carbonyl (C=O) groups excluding carboxylic acids is 2. The molecule has 1 saturated heterocycles. The number of ether oxygens (including phenoxy) is 2. The van der Waals surface area contributed by atoms with Crippen LogP contribution in [0.25, 0.3) is 0 Å². The number of amidine groups is 1. The van der Waals surface area contributed by atoms with Gasteiger partial charge in [-0.3, -0.25) is 4.99 Å². The minimum absolute atomic E-state index is 0.00484. The molecule has 0 spiro atoms. The Morgan fingerprint density at radius 1 is 1.19 bits per heavy atom. The summed E-state index contributed by atoms with van der Waals surface area (Å²) in [6, 6.07) is 1.33. The number of aliphatic imine (C=N–C) groups is 1. The standard InChI is InChI=1S/C25H28F2N4O4S/c1-14-16(5-6-18(26)19(14)27)20-17(23(32)34-24(33)35-25(2,3)4)13-31(15-7-9-28-10-8-15)21(30-20)22-29-11-12-36-22/h5-6,11-13,15,20,28H,7-10H2,1-4H3. The van der Waals surface area contributed by atoms with Crippen LogP contribution >= 0.6 is 11.3 Å². The maximum absolute atomic E-state index is 14.5. The van der Waals surface area contributed by atoms with Gasteiger partial charge in [0.2, 0.25) is 0 Å². The van der Waals surface area contributed by atoms with Crippen LogP contribution in [-0.2, 0) is 14.3 Å². The zero-order valence-corrected chi connectivity index (χ0v) is 21.3. The van der Waals surface area contributed by atoms with Crippen LogP contribution in [0.3, 0.4) is 0 Å². The van der Waals surface area contributed by atoms with E-state index in [0.717, 1.165) is 32.0 Å². The summed E-state index contributed by atoms with van der Waals surface area (Å²) in [5.74, 6) is -2.49. The number of nitrogens with one attached hydrogen (secondary N) is 1. The lowest BCUT2D eigenvalue weighted by Gasteiger charge is -2.37. The van der Waals surface area contributed by atoms with Gasteiger partial charge < -0.3 is 19.7 Å². The normalized spacial score (nSPS) is 18.9. The molecular weight excluding hydrogens is 490 g/mol. The minimum Gasteiger partial charge on any atom is -0.428 e. The lowest BCUT2D eigenvalue weighted by molar-refractivity contribution is -0.137. The van der Waals surface area contributed by atoms with E-state index in [1.807, 2.05) is 10.3 Å². The molecule has 36 heavy (non-hydrogen) atoms. The van der Waals surface area contributed by atoms with Gasteiger partial charge in [-0.25, -0.2) is 23.4 Å². The van der Waals surface area contributed by atoms with Gasteiger partial charge in [0.25, 0.3) is 0 Å². The summed E-state index contributed by atoms with van der Waals surface area (Å²) < 4.78 is 38.6. The number of piperidine rings is 1. The SMILES string of the molecule is Cc1c(C2N=C(c3nccs3)N(C3CCNCC3)C=C2C(=O)OC(=O)OC(C)(C)C)ccc(F)c1F. The molecule has 3 heterocycles. The predicted octanol–water partition coefficient (Wildman–Crippen LogP) is 4.65. The van der Waals surface area contributed by atoms with Gasteiger partial charge in [0.05, 0.1) is 5.57 Å². The predicted molar refractivity (Wildman–Crippen MR) is 131 cm³/mol. The Balaban J connectivity index is 1.80. The van der Waals surface area contributed by atoms with E-state index < -0.39 is 35.4 Å². The Bertz CT molecular complexity index is 1200. The Morgan fingerprint density at radius 3 is 2.56 bits per heavy atom. The summed E-state index contributed by atoms with van der Waals surface area (Å²) in [4.78, 5) is 36.7. The first-order valence-electron chi connectivity index (χ1n) is 11.6. The van der Waals surface area contributed by atoms with Crippen molar-refractivity contribution in [3.8, 4) is 0 Å². The highest BCUT2D eigenvalue weighted by atomic mass is 32.1. The molecular formula is C25H28F2N4O4S. The Morgan fingerprint density at radius 2 is 1.92 bits per heavy atom. The summed E-state index contributed by atoms with van der Waals surface area (Å²) in [5, 5.41) is 5.74. The highest BCUT2D eigenvalue weighted by Gasteiger charge is 2.37. The maximum Gasteiger partial charge on any atom is 0.516 e. The van der Waals surface area contributed by atoms with Crippen molar-refractivity contribution in [2.24, 2.45) is 4.99 Å². The molecule has 2 aliphatic heterocycles. The number of nitrogens with zero attached hydrogens (tertiary/aromatic N) is 3. The van der Waals surface area contributed by atoms with Crippen LogP contribution in [0.2, 0.25) is 0 Å².